The third-order valence-electron chi connectivity index (χ3n) is 1.32. The number of nitrogens with zero attached hydrogens (tertiary/aromatic N) is 1. The highest BCUT2D eigenvalue weighted by atomic mass is 32.1. The zero-order chi connectivity index (χ0) is 8.81. The number of nitrogens with one attached hydrogen (secondary N) is 1. The van der Waals surface area contributed by atoms with Crippen LogP contribution >= 0.6 is 12.6 Å². The van der Waals surface area contributed by atoms with Crippen molar-refractivity contribution in [1.29, 1.82) is 0 Å². The van der Waals surface area contributed by atoms with Crippen LogP contribution < -0.4 is 5.32 Å². The highest BCUT2D eigenvalue weighted by Gasteiger charge is 1.97. The van der Waals surface area contributed by atoms with Crippen molar-refractivity contribution in [1.82, 2.24) is 10.3 Å². The van der Waals surface area contributed by atoms with Crippen molar-refractivity contribution in [2.75, 3.05) is 5.75 Å². The van der Waals surface area contributed by atoms with Gasteiger partial charge < -0.3 is 5.32 Å². The van der Waals surface area contributed by atoms with Crippen LogP contribution in [0.3, 0.4) is 0 Å². The lowest BCUT2D eigenvalue weighted by molar-refractivity contribution is -0.118. The van der Waals surface area contributed by atoms with Crippen LogP contribution in [-0.2, 0) is 11.3 Å². The highest BCUT2D eigenvalue weighted by Crippen LogP contribution is 1.91. The predicted molar refractivity (Wildman–Crippen MR) is 48.5 cm³/mol. The average Bonchev–Trinajstić information content (AvgIpc) is 2.16. The summed E-state index contributed by atoms with van der Waals surface area (Å²) in [7, 11) is 0. The molecule has 0 spiro atoms. The second-order valence-corrected chi connectivity index (χ2v) is 2.53. The number of rotatable bonds is 3. The summed E-state index contributed by atoms with van der Waals surface area (Å²) in [6, 6.07) is 5.56. The number of pyridine rings is 1. The molecule has 4 heteroatoms. The molecule has 12 heavy (non-hydrogen) atoms. The van der Waals surface area contributed by atoms with Gasteiger partial charge in [-0.1, -0.05) is 18.7 Å². The topological polar surface area (TPSA) is 42.0 Å². The van der Waals surface area contributed by atoms with Crippen LogP contribution in [0.2, 0.25) is 0 Å². The van der Waals surface area contributed by atoms with E-state index in [0.717, 1.165) is 5.69 Å². The lowest BCUT2D eigenvalue weighted by Gasteiger charge is -2.00. The first-order valence-electron chi connectivity index (χ1n) is 3.57. The Kier molecular flexibility index (Phi) is 3.60. The Morgan fingerprint density at radius 1 is 1.58 bits per heavy atom. The van der Waals surface area contributed by atoms with Gasteiger partial charge in [-0.25, -0.2) is 0 Å². The molecule has 0 atom stereocenters. The van der Waals surface area contributed by atoms with E-state index in [4.69, 9.17) is 0 Å². The van der Waals surface area contributed by atoms with Crippen LogP contribution in [0.4, 0.5) is 0 Å². The van der Waals surface area contributed by atoms with Crippen molar-refractivity contribution in [3.05, 3.63) is 30.1 Å². The molecular weight excluding hydrogens is 172 g/mol. The summed E-state index contributed by atoms with van der Waals surface area (Å²) in [5.74, 6) is -0.0250. The number of amides is 1. The zero-order valence-electron chi connectivity index (χ0n) is 6.49. The largest absolute Gasteiger partial charge is 0.350 e. The first-order valence-corrected chi connectivity index (χ1v) is 4.15. The van der Waals surface area contributed by atoms with E-state index in [9.17, 15) is 4.79 Å². The van der Waals surface area contributed by atoms with E-state index in [2.05, 4.69) is 22.9 Å². The van der Waals surface area contributed by atoms with Crippen LogP contribution in [0, 0.1) is 0 Å². The van der Waals surface area contributed by atoms with Crippen LogP contribution in [0.5, 0.6) is 0 Å². The maximum absolute atomic E-state index is 10.7. The second-order valence-electron chi connectivity index (χ2n) is 2.24. The Morgan fingerprint density at radius 2 is 2.42 bits per heavy atom. The summed E-state index contributed by atoms with van der Waals surface area (Å²) in [5, 5.41) is 2.64. The van der Waals surface area contributed by atoms with E-state index >= 15 is 0 Å². The van der Waals surface area contributed by atoms with Crippen LogP contribution in [-0.4, -0.2) is 16.6 Å². The SMILES string of the molecule is O=C(C[S])NCc1ccccn1. The van der Waals surface area contributed by atoms with Crippen molar-refractivity contribution in [3.8, 4) is 0 Å². The molecule has 0 saturated carbocycles. The van der Waals surface area contributed by atoms with Crippen LogP contribution in [0.25, 0.3) is 0 Å². The fraction of sp³-hybridized carbons (Fsp3) is 0.250. The molecule has 0 aliphatic heterocycles. The van der Waals surface area contributed by atoms with Gasteiger partial charge in [0.25, 0.3) is 0 Å². The number of hydrogen-bond donors (Lipinski definition) is 1. The molecule has 1 heterocycles. The molecule has 1 radical (unpaired) electrons. The first kappa shape index (κ1) is 9.06. The molecule has 1 aromatic heterocycles. The van der Waals surface area contributed by atoms with Crippen molar-refractivity contribution >= 4 is 18.5 Å². The maximum atomic E-state index is 10.7. The van der Waals surface area contributed by atoms with Crippen molar-refractivity contribution in [2.24, 2.45) is 0 Å². The summed E-state index contributed by atoms with van der Waals surface area (Å²) < 4.78 is 0. The minimum atomic E-state index is -0.129. The van der Waals surface area contributed by atoms with Gasteiger partial charge >= 0.3 is 0 Å². The van der Waals surface area contributed by atoms with E-state index in [1.165, 1.54) is 0 Å². The van der Waals surface area contributed by atoms with Crippen molar-refractivity contribution < 1.29 is 4.79 Å². The van der Waals surface area contributed by atoms with Crippen LogP contribution in [0.1, 0.15) is 5.69 Å². The molecule has 0 bridgehead atoms. The molecule has 1 rings (SSSR count). The van der Waals surface area contributed by atoms with Gasteiger partial charge in [0.2, 0.25) is 5.91 Å². The lowest BCUT2D eigenvalue weighted by atomic mass is 10.3. The van der Waals surface area contributed by atoms with Gasteiger partial charge in [-0.3, -0.25) is 9.78 Å². The minimum Gasteiger partial charge on any atom is -0.350 e. The molecule has 0 saturated heterocycles. The predicted octanol–water partition coefficient (Wildman–Crippen LogP) is 0.895. The van der Waals surface area contributed by atoms with Gasteiger partial charge in [-0.05, 0) is 12.1 Å². The number of aromatic nitrogens is 1. The van der Waals surface area contributed by atoms with Gasteiger partial charge in [0.05, 0.1) is 18.0 Å². The van der Waals surface area contributed by atoms with E-state index in [0.29, 0.717) is 6.54 Å². The monoisotopic (exact) mass is 181 g/mol. The van der Waals surface area contributed by atoms with Gasteiger partial charge in [0.15, 0.2) is 0 Å². The summed E-state index contributed by atoms with van der Waals surface area (Å²) in [5.41, 5.74) is 0.842. The highest BCUT2D eigenvalue weighted by molar-refractivity contribution is 7.81. The standard InChI is InChI=1S/C8H9N2OS/c11-8(6-12)10-5-7-3-1-2-4-9-7/h1-4H,5-6H2,(H,10,11). The van der Waals surface area contributed by atoms with E-state index in [-0.39, 0.29) is 11.7 Å². The molecule has 63 valence electrons. The Morgan fingerprint density at radius 3 is 3.00 bits per heavy atom. The summed E-state index contributed by atoms with van der Waals surface area (Å²) in [6.45, 7) is 0.455. The van der Waals surface area contributed by atoms with Crippen molar-refractivity contribution in [2.45, 2.75) is 6.54 Å². The maximum Gasteiger partial charge on any atom is 0.231 e. The van der Waals surface area contributed by atoms with Crippen LogP contribution in [0.15, 0.2) is 24.4 Å². The molecule has 0 fully saturated rings. The Balaban J connectivity index is 2.38. The van der Waals surface area contributed by atoms with Gasteiger partial charge in [0, 0.05) is 6.20 Å². The van der Waals surface area contributed by atoms with Gasteiger partial charge in [-0.2, -0.15) is 0 Å². The smallest absolute Gasteiger partial charge is 0.231 e. The van der Waals surface area contributed by atoms with E-state index in [1.807, 2.05) is 18.2 Å². The van der Waals surface area contributed by atoms with Gasteiger partial charge in [-0.15, -0.1) is 0 Å². The quantitative estimate of drug-likeness (QED) is 0.752. The number of carbonyl (C=O) groups is 1. The van der Waals surface area contributed by atoms with Crippen molar-refractivity contribution in [3.63, 3.8) is 0 Å². The number of carbonyl (C=O) groups excluding carboxylic acids is 1. The molecule has 0 aromatic carbocycles. The Labute approximate surface area is 76.6 Å². The average molecular weight is 181 g/mol. The lowest BCUT2D eigenvalue weighted by Crippen LogP contribution is -2.24. The molecular formula is C8H9N2OS. The summed E-state index contributed by atoms with van der Waals surface area (Å²) >= 11 is 4.56. The third-order valence-corrected chi connectivity index (χ3v) is 1.59. The minimum absolute atomic E-state index is 0.104. The normalized spacial score (nSPS) is 9.42. The molecule has 1 aromatic rings. The third kappa shape index (κ3) is 2.92. The van der Waals surface area contributed by atoms with Gasteiger partial charge in [0.1, 0.15) is 0 Å². The Hall–Kier alpha value is -1.03. The molecule has 0 aliphatic carbocycles. The number of hydrogen-bond acceptors (Lipinski definition) is 2. The Bertz CT molecular complexity index is 250. The molecule has 3 nitrogen and oxygen atoms in total. The zero-order valence-corrected chi connectivity index (χ0v) is 7.30. The molecule has 0 unspecified atom stereocenters. The molecule has 1 amide bonds. The summed E-state index contributed by atoms with van der Waals surface area (Å²) in [4.78, 5) is 14.8. The fourth-order valence-corrected chi connectivity index (χ4v) is 0.845. The van der Waals surface area contributed by atoms with E-state index < -0.39 is 0 Å². The molecule has 1 N–H and O–H groups in total. The first-order chi connectivity index (χ1) is 5.83. The fourth-order valence-electron chi connectivity index (χ4n) is 0.743. The van der Waals surface area contributed by atoms with E-state index in [1.54, 1.807) is 6.20 Å². The summed E-state index contributed by atoms with van der Waals surface area (Å²) in [6.07, 6.45) is 1.69. The second kappa shape index (κ2) is 4.77. The molecule has 0 aliphatic rings.